The Morgan fingerprint density at radius 3 is 1.94 bits per heavy atom. The van der Waals surface area contributed by atoms with E-state index >= 15 is 0 Å². The molecule has 92 valence electrons. The molecule has 0 bridgehead atoms. The molecule has 0 saturated carbocycles. The van der Waals surface area contributed by atoms with E-state index in [4.69, 9.17) is 0 Å². The molecule has 0 aliphatic rings. The zero-order valence-corrected chi connectivity index (χ0v) is 8.88. The van der Waals surface area contributed by atoms with Crippen LogP contribution in [-0.2, 0) is 0 Å². The zero-order valence-electron chi connectivity index (χ0n) is 8.88. The molecule has 0 amide bonds. The fourth-order valence-electron chi connectivity index (χ4n) is 1.50. The van der Waals surface area contributed by atoms with Crippen molar-refractivity contribution in [2.75, 3.05) is 0 Å². The quantitative estimate of drug-likeness (QED) is 0.592. The highest BCUT2D eigenvalue weighted by Crippen LogP contribution is 2.18. The van der Waals surface area contributed by atoms with Gasteiger partial charge in [-0.25, -0.2) is 17.6 Å². The number of hydrogen-bond acceptors (Lipinski definition) is 1. The Bertz CT molecular complexity index is 602. The first-order valence-corrected chi connectivity index (χ1v) is 4.94. The van der Waals surface area contributed by atoms with Crippen molar-refractivity contribution in [3.63, 3.8) is 0 Å². The van der Waals surface area contributed by atoms with Gasteiger partial charge in [0.1, 0.15) is 11.6 Å². The van der Waals surface area contributed by atoms with Crippen molar-refractivity contribution < 1.29 is 22.4 Å². The Morgan fingerprint density at radius 2 is 1.39 bits per heavy atom. The number of hydrogen-bond donors (Lipinski definition) is 0. The Labute approximate surface area is 99.7 Å². The first-order valence-electron chi connectivity index (χ1n) is 4.94. The minimum Gasteiger partial charge on any atom is -0.288 e. The lowest BCUT2D eigenvalue weighted by atomic mass is 10.0. The van der Waals surface area contributed by atoms with Crippen LogP contribution in [0.4, 0.5) is 17.6 Å². The normalized spacial score (nSPS) is 10.4. The Morgan fingerprint density at radius 1 is 0.778 bits per heavy atom. The highest BCUT2D eigenvalue weighted by Gasteiger charge is 2.19. The maximum absolute atomic E-state index is 13.3. The minimum absolute atomic E-state index is 0.321. The summed E-state index contributed by atoms with van der Waals surface area (Å²) >= 11 is 0. The van der Waals surface area contributed by atoms with Crippen LogP contribution in [-0.4, -0.2) is 5.78 Å². The monoisotopic (exact) mass is 254 g/mol. The van der Waals surface area contributed by atoms with Gasteiger partial charge in [0.05, 0.1) is 5.56 Å². The van der Waals surface area contributed by atoms with Gasteiger partial charge in [-0.3, -0.25) is 4.79 Å². The molecular weight excluding hydrogens is 248 g/mol. The number of ketones is 1. The summed E-state index contributed by atoms with van der Waals surface area (Å²) in [7, 11) is 0. The fraction of sp³-hybridized carbons (Fsp3) is 0. The van der Waals surface area contributed by atoms with Crippen LogP contribution in [0.25, 0.3) is 0 Å². The fourth-order valence-corrected chi connectivity index (χ4v) is 1.50. The summed E-state index contributed by atoms with van der Waals surface area (Å²) in [5.74, 6) is -5.53. The third-order valence-corrected chi connectivity index (χ3v) is 2.37. The molecule has 1 nitrogen and oxygen atoms in total. The largest absolute Gasteiger partial charge is 0.288 e. The molecule has 0 N–H and O–H groups in total. The van der Waals surface area contributed by atoms with Crippen molar-refractivity contribution in [2.24, 2.45) is 0 Å². The molecule has 0 aliphatic carbocycles. The van der Waals surface area contributed by atoms with Crippen LogP contribution in [0.15, 0.2) is 36.4 Å². The highest BCUT2D eigenvalue weighted by atomic mass is 19.2. The van der Waals surface area contributed by atoms with E-state index in [0.29, 0.717) is 6.07 Å². The van der Waals surface area contributed by atoms with Crippen LogP contribution in [0.3, 0.4) is 0 Å². The van der Waals surface area contributed by atoms with E-state index in [-0.39, 0.29) is 5.56 Å². The summed E-state index contributed by atoms with van der Waals surface area (Å²) in [5, 5.41) is 0. The molecule has 0 saturated heterocycles. The lowest BCUT2D eigenvalue weighted by Gasteiger charge is -2.04. The molecule has 0 radical (unpaired) electrons. The van der Waals surface area contributed by atoms with Crippen molar-refractivity contribution in [1.82, 2.24) is 0 Å². The Hall–Kier alpha value is -2.17. The molecule has 0 spiro atoms. The third-order valence-electron chi connectivity index (χ3n) is 2.37. The SMILES string of the molecule is O=C(c1ccc(F)c(F)c1)c1c(F)cccc1F. The molecule has 0 heterocycles. The smallest absolute Gasteiger partial charge is 0.199 e. The highest BCUT2D eigenvalue weighted by molar-refractivity contribution is 6.09. The minimum atomic E-state index is -1.25. The van der Waals surface area contributed by atoms with E-state index in [0.717, 1.165) is 30.3 Å². The van der Waals surface area contributed by atoms with E-state index in [1.165, 1.54) is 0 Å². The van der Waals surface area contributed by atoms with E-state index < -0.39 is 34.6 Å². The first-order chi connectivity index (χ1) is 8.50. The van der Waals surface area contributed by atoms with Gasteiger partial charge in [0.25, 0.3) is 0 Å². The van der Waals surface area contributed by atoms with Crippen LogP contribution in [0.1, 0.15) is 15.9 Å². The number of carbonyl (C=O) groups excluding carboxylic acids is 1. The van der Waals surface area contributed by atoms with E-state index in [9.17, 15) is 22.4 Å². The van der Waals surface area contributed by atoms with Gasteiger partial charge < -0.3 is 0 Å². The van der Waals surface area contributed by atoms with Gasteiger partial charge in [-0.2, -0.15) is 0 Å². The average molecular weight is 254 g/mol. The van der Waals surface area contributed by atoms with Crippen LogP contribution in [0.5, 0.6) is 0 Å². The van der Waals surface area contributed by atoms with Crippen LogP contribution >= 0.6 is 0 Å². The van der Waals surface area contributed by atoms with Crippen molar-refractivity contribution in [3.8, 4) is 0 Å². The first kappa shape index (κ1) is 12.3. The Kier molecular flexibility index (Phi) is 3.14. The van der Waals surface area contributed by atoms with Crippen molar-refractivity contribution in [3.05, 3.63) is 70.8 Å². The maximum Gasteiger partial charge on any atom is 0.199 e. The van der Waals surface area contributed by atoms with Gasteiger partial charge in [0, 0.05) is 5.56 Å². The molecule has 0 aliphatic heterocycles. The molecule has 0 unspecified atom stereocenters. The second kappa shape index (κ2) is 4.60. The van der Waals surface area contributed by atoms with Gasteiger partial charge in [0.2, 0.25) is 0 Å². The maximum atomic E-state index is 13.3. The van der Waals surface area contributed by atoms with Crippen molar-refractivity contribution >= 4 is 5.78 Å². The lowest BCUT2D eigenvalue weighted by molar-refractivity contribution is 0.103. The number of benzene rings is 2. The van der Waals surface area contributed by atoms with Gasteiger partial charge in [-0.05, 0) is 30.3 Å². The standard InChI is InChI=1S/C13H6F4O/c14-8-5-4-7(6-11(8)17)13(18)12-9(15)2-1-3-10(12)16/h1-6H. The zero-order chi connectivity index (χ0) is 13.3. The Balaban J connectivity index is 2.51. The molecule has 0 atom stereocenters. The van der Waals surface area contributed by atoms with Crippen LogP contribution < -0.4 is 0 Å². The summed E-state index contributed by atoms with van der Waals surface area (Å²) in [4.78, 5) is 11.8. The summed E-state index contributed by atoms with van der Waals surface area (Å²) < 4.78 is 52.3. The predicted molar refractivity (Wildman–Crippen MR) is 56.1 cm³/mol. The predicted octanol–water partition coefficient (Wildman–Crippen LogP) is 3.47. The molecule has 2 aromatic carbocycles. The van der Waals surface area contributed by atoms with Crippen LogP contribution in [0, 0.1) is 23.3 Å². The molecular formula is C13H6F4O. The summed E-state index contributed by atoms with van der Waals surface area (Å²) in [5.41, 5.74) is -1.11. The van der Waals surface area contributed by atoms with Gasteiger partial charge in [-0.1, -0.05) is 6.07 Å². The average Bonchev–Trinajstić information content (AvgIpc) is 2.32. The second-order valence-corrected chi connectivity index (χ2v) is 3.55. The molecule has 2 rings (SSSR count). The second-order valence-electron chi connectivity index (χ2n) is 3.55. The van der Waals surface area contributed by atoms with E-state index in [1.807, 2.05) is 0 Å². The third kappa shape index (κ3) is 2.11. The molecule has 5 heteroatoms. The molecule has 18 heavy (non-hydrogen) atoms. The molecule has 2 aromatic rings. The number of rotatable bonds is 2. The summed E-state index contributed by atoms with van der Waals surface area (Å²) in [6, 6.07) is 5.22. The lowest BCUT2D eigenvalue weighted by Crippen LogP contribution is -2.08. The summed E-state index contributed by atoms with van der Waals surface area (Å²) in [6.07, 6.45) is 0. The topological polar surface area (TPSA) is 17.1 Å². The van der Waals surface area contributed by atoms with E-state index in [1.54, 1.807) is 0 Å². The van der Waals surface area contributed by atoms with Crippen molar-refractivity contribution in [1.29, 1.82) is 0 Å². The number of halogens is 4. The number of carbonyl (C=O) groups is 1. The van der Waals surface area contributed by atoms with Gasteiger partial charge >= 0.3 is 0 Å². The van der Waals surface area contributed by atoms with Gasteiger partial charge in [0.15, 0.2) is 17.4 Å². The van der Waals surface area contributed by atoms with E-state index in [2.05, 4.69) is 0 Å². The van der Waals surface area contributed by atoms with Crippen molar-refractivity contribution in [2.45, 2.75) is 0 Å². The van der Waals surface area contributed by atoms with Crippen LogP contribution in [0.2, 0.25) is 0 Å². The summed E-state index contributed by atoms with van der Waals surface area (Å²) in [6.45, 7) is 0. The molecule has 0 fully saturated rings. The van der Waals surface area contributed by atoms with Gasteiger partial charge in [-0.15, -0.1) is 0 Å². The molecule has 0 aromatic heterocycles.